The van der Waals surface area contributed by atoms with Crippen molar-refractivity contribution in [3.05, 3.63) is 84.3 Å². The van der Waals surface area contributed by atoms with Gasteiger partial charge in [0.2, 0.25) is 0 Å². The maximum Gasteiger partial charge on any atom is 0.329 e. The largest absolute Gasteiger partial charge is 0.467 e. The first kappa shape index (κ1) is 19.2. The molecule has 150 valence electrons. The molecule has 0 fully saturated rings. The number of benzene rings is 2. The first-order valence-corrected chi connectivity index (χ1v) is 9.41. The Morgan fingerprint density at radius 1 is 1.00 bits per heavy atom. The lowest BCUT2D eigenvalue weighted by Crippen LogP contribution is -2.37. The average Bonchev–Trinajstić information content (AvgIpc) is 3.39. The van der Waals surface area contributed by atoms with Crippen molar-refractivity contribution in [3.8, 4) is 11.3 Å². The van der Waals surface area contributed by atoms with Crippen molar-refractivity contribution in [2.45, 2.75) is 6.54 Å². The van der Waals surface area contributed by atoms with Crippen LogP contribution in [0.25, 0.3) is 22.2 Å². The van der Waals surface area contributed by atoms with Crippen LogP contribution < -0.4 is 10.7 Å². The number of hydrogen-bond donors (Lipinski definition) is 2. The molecule has 7 heteroatoms. The van der Waals surface area contributed by atoms with E-state index < -0.39 is 11.8 Å². The Labute approximate surface area is 173 Å². The molecule has 2 N–H and O–H groups in total. The highest BCUT2D eigenvalue weighted by atomic mass is 16.3. The number of rotatable bonds is 5. The first-order chi connectivity index (χ1) is 14.6. The van der Waals surface area contributed by atoms with Crippen molar-refractivity contribution < 1.29 is 14.0 Å². The van der Waals surface area contributed by atoms with Crippen LogP contribution in [0.1, 0.15) is 11.3 Å². The molecule has 2 aromatic carbocycles. The molecule has 0 unspecified atom stereocenters. The third-order valence-electron chi connectivity index (χ3n) is 4.76. The number of aryl methyl sites for hydroxylation is 1. The van der Waals surface area contributed by atoms with Gasteiger partial charge in [-0.25, -0.2) is 5.43 Å². The van der Waals surface area contributed by atoms with Crippen LogP contribution >= 0.6 is 0 Å². The van der Waals surface area contributed by atoms with E-state index in [-0.39, 0.29) is 6.54 Å². The molecule has 0 saturated carbocycles. The summed E-state index contributed by atoms with van der Waals surface area (Å²) in [5, 5.41) is 7.52. The number of carbonyl (C=O) groups excluding carboxylic acids is 2. The summed E-state index contributed by atoms with van der Waals surface area (Å²) in [6, 6.07) is 21.3. The molecule has 0 aliphatic rings. The molecule has 0 atom stereocenters. The molecule has 0 aliphatic heterocycles. The zero-order valence-corrected chi connectivity index (χ0v) is 16.3. The van der Waals surface area contributed by atoms with Gasteiger partial charge in [-0.15, -0.1) is 0 Å². The maximum absolute atomic E-state index is 12.0. The number of nitrogens with zero attached hydrogens (tertiary/aromatic N) is 2. The monoisotopic (exact) mass is 400 g/mol. The fourth-order valence-electron chi connectivity index (χ4n) is 3.37. The number of furan rings is 1. The zero-order chi connectivity index (χ0) is 20.9. The summed E-state index contributed by atoms with van der Waals surface area (Å²) in [5.74, 6) is -1.08. The van der Waals surface area contributed by atoms with Gasteiger partial charge >= 0.3 is 11.8 Å². The van der Waals surface area contributed by atoms with Crippen molar-refractivity contribution >= 4 is 28.9 Å². The van der Waals surface area contributed by atoms with Gasteiger partial charge in [0.1, 0.15) is 5.76 Å². The normalized spacial score (nSPS) is 11.1. The Kier molecular flexibility index (Phi) is 5.43. The quantitative estimate of drug-likeness (QED) is 0.306. The molecule has 0 aliphatic carbocycles. The van der Waals surface area contributed by atoms with Crippen molar-refractivity contribution in [2.24, 2.45) is 12.1 Å². The minimum atomic E-state index is -0.848. The smallest absolute Gasteiger partial charge is 0.329 e. The lowest BCUT2D eigenvalue weighted by molar-refractivity contribution is -0.139. The van der Waals surface area contributed by atoms with Crippen molar-refractivity contribution in [1.29, 1.82) is 0 Å². The summed E-state index contributed by atoms with van der Waals surface area (Å²) < 4.78 is 7.21. The van der Waals surface area contributed by atoms with Gasteiger partial charge < -0.3 is 14.3 Å². The van der Waals surface area contributed by atoms with Gasteiger partial charge in [-0.2, -0.15) is 5.10 Å². The number of aromatic nitrogens is 1. The number of fused-ring (bicyclic) bond motifs is 1. The molecule has 7 nitrogen and oxygen atoms in total. The fraction of sp³-hybridized carbons (Fsp3) is 0.0870. The predicted molar refractivity (Wildman–Crippen MR) is 115 cm³/mol. The van der Waals surface area contributed by atoms with Crippen molar-refractivity contribution in [3.63, 3.8) is 0 Å². The summed E-state index contributed by atoms with van der Waals surface area (Å²) in [4.78, 5) is 24.0. The summed E-state index contributed by atoms with van der Waals surface area (Å²) in [6.45, 7) is 0.129. The van der Waals surface area contributed by atoms with Crippen LogP contribution in [0.15, 0.2) is 82.5 Å². The molecule has 2 heterocycles. The Balaban J connectivity index is 1.55. The molecular weight excluding hydrogens is 380 g/mol. The molecule has 4 rings (SSSR count). The molecule has 2 aromatic heterocycles. The van der Waals surface area contributed by atoms with Crippen LogP contribution in [0.5, 0.6) is 0 Å². The first-order valence-electron chi connectivity index (χ1n) is 9.41. The van der Waals surface area contributed by atoms with Gasteiger partial charge in [-0.3, -0.25) is 9.59 Å². The van der Waals surface area contributed by atoms with E-state index in [1.807, 2.05) is 61.6 Å². The third-order valence-corrected chi connectivity index (χ3v) is 4.76. The van der Waals surface area contributed by atoms with Gasteiger partial charge in [0.25, 0.3) is 0 Å². The minimum absolute atomic E-state index is 0.129. The number of nitrogens with one attached hydrogen (secondary N) is 2. The number of amides is 2. The van der Waals surface area contributed by atoms with Crippen LogP contribution in [-0.2, 0) is 23.2 Å². The zero-order valence-electron chi connectivity index (χ0n) is 16.3. The Hall–Kier alpha value is -4.13. The molecule has 0 saturated heterocycles. The summed E-state index contributed by atoms with van der Waals surface area (Å²) in [5.41, 5.74) is 6.19. The number of para-hydroxylation sites is 1. The van der Waals surface area contributed by atoms with Gasteiger partial charge in [0, 0.05) is 23.5 Å². The van der Waals surface area contributed by atoms with E-state index in [2.05, 4.69) is 20.4 Å². The summed E-state index contributed by atoms with van der Waals surface area (Å²) >= 11 is 0. The number of hydrazone groups is 1. The summed E-state index contributed by atoms with van der Waals surface area (Å²) in [6.07, 6.45) is 3.07. The predicted octanol–water partition coefficient (Wildman–Crippen LogP) is 3.20. The number of hydrogen-bond acceptors (Lipinski definition) is 4. The van der Waals surface area contributed by atoms with Crippen LogP contribution in [0.2, 0.25) is 0 Å². The van der Waals surface area contributed by atoms with E-state index in [0.717, 1.165) is 27.7 Å². The standard InChI is InChI=1S/C23H20N4O3/c1-27-20-12-6-5-11-18(20)19(21(27)16-8-3-2-4-9-16)15-25-26-23(29)22(28)24-14-17-10-7-13-30-17/h2-13,15H,14H2,1H3,(H,24,28)(H,26,29)/b25-15+. The topological polar surface area (TPSA) is 88.6 Å². The van der Waals surface area contributed by atoms with Crippen LogP contribution in [0.3, 0.4) is 0 Å². The Bertz CT molecular complexity index is 1210. The van der Waals surface area contributed by atoms with Crippen molar-refractivity contribution in [2.75, 3.05) is 0 Å². The number of carbonyl (C=O) groups is 2. The van der Waals surface area contributed by atoms with E-state index in [1.165, 1.54) is 6.26 Å². The highest BCUT2D eigenvalue weighted by molar-refractivity contribution is 6.35. The van der Waals surface area contributed by atoms with Gasteiger partial charge in [0.05, 0.1) is 24.7 Å². The Morgan fingerprint density at radius 3 is 2.53 bits per heavy atom. The minimum Gasteiger partial charge on any atom is -0.467 e. The highest BCUT2D eigenvalue weighted by Gasteiger charge is 2.16. The Morgan fingerprint density at radius 2 is 1.77 bits per heavy atom. The molecule has 4 aromatic rings. The fourth-order valence-corrected chi connectivity index (χ4v) is 3.37. The molecule has 2 amide bonds. The van der Waals surface area contributed by atoms with E-state index >= 15 is 0 Å². The van der Waals surface area contributed by atoms with Gasteiger partial charge in [-0.05, 0) is 23.8 Å². The molecule has 0 spiro atoms. The second kappa shape index (κ2) is 8.48. The van der Waals surface area contributed by atoms with E-state index in [9.17, 15) is 9.59 Å². The maximum atomic E-state index is 12.0. The summed E-state index contributed by atoms with van der Waals surface area (Å²) in [7, 11) is 1.99. The van der Waals surface area contributed by atoms with Gasteiger partial charge in [0.15, 0.2) is 0 Å². The lowest BCUT2D eigenvalue weighted by Gasteiger charge is -2.06. The van der Waals surface area contributed by atoms with Crippen LogP contribution in [-0.4, -0.2) is 22.6 Å². The molecular formula is C23H20N4O3. The van der Waals surface area contributed by atoms with Crippen molar-refractivity contribution in [1.82, 2.24) is 15.3 Å². The highest BCUT2D eigenvalue weighted by Crippen LogP contribution is 2.31. The van der Waals surface area contributed by atoms with Crippen LogP contribution in [0.4, 0.5) is 0 Å². The van der Waals surface area contributed by atoms with E-state index in [1.54, 1.807) is 18.3 Å². The third kappa shape index (κ3) is 3.86. The van der Waals surface area contributed by atoms with E-state index in [0.29, 0.717) is 5.76 Å². The molecule has 0 radical (unpaired) electrons. The second-order valence-electron chi connectivity index (χ2n) is 6.67. The second-order valence-corrected chi connectivity index (χ2v) is 6.67. The average molecular weight is 400 g/mol. The van der Waals surface area contributed by atoms with E-state index in [4.69, 9.17) is 4.42 Å². The molecule has 30 heavy (non-hydrogen) atoms. The van der Waals surface area contributed by atoms with Crippen LogP contribution in [0, 0.1) is 0 Å². The van der Waals surface area contributed by atoms with Gasteiger partial charge in [-0.1, -0.05) is 48.5 Å². The SMILES string of the molecule is Cn1c(-c2ccccc2)c(/C=N/NC(=O)C(=O)NCc2ccco2)c2ccccc21. The molecule has 0 bridgehead atoms. The lowest BCUT2D eigenvalue weighted by atomic mass is 10.1.